The lowest BCUT2D eigenvalue weighted by molar-refractivity contribution is -0.118. The standard InChI is InChI=1S/C18H21NO3S2/c1-13-9-10-14(2)17(11-13)24(21,22)19-18(20)15(3)23-12-16-7-5-4-6-8-16/h4-11,15H,12H2,1-3H3,(H,19,20). The largest absolute Gasteiger partial charge is 0.273 e. The van der Waals surface area contributed by atoms with E-state index in [-0.39, 0.29) is 4.90 Å². The Balaban J connectivity index is 2.03. The molecule has 0 aliphatic carbocycles. The van der Waals surface area contributed by atoms with E-state index in [1.807, 2.05) is 43.3 Å². The number of thioether (sulfide) groups is 1. The average Bonchev–Trinajstić information content (AvgIpc) is 2.55. The third-order valence-corrected chi connectivity index (χ3v) is 6.28. The molecule has 0 saturated heterocycles. The normalized spacial score (nSPS) is 12.6. The summed E-state index contributed by atoms with van der Waals surface area (Å²) in [6.07, 6.45) is 0. The van der Waals surface area contributed by atoms with Crippen LogP contribution in [0.15, 0.2) is 53.4 Å². The van der Waals surface area contributed by atoms with Crippen molar-refractivity contribution in [3.05, 3.63) is 65.2 Å². The molecular formula is C18H21NO3S2. The fraction of sp³-hybridized carbons (Fsp3) is 0.278. The summed E-state index contributed by atoms with van der Waals surface area (Å²) in [7, 11) is -3.85. The number of rotatable bonds is 6. The van der Waals surface area contributed by atoms with Crippen LogP contribution in [0.2, 0.25) is 0 Å². The lowest BCUT2D eigenvalue weighted by atomic mass is 10.2. The number of nitrogens with one attached hydrogen (secondary N) is 1. The van der Waals surface area contributed by atoms with E-state index in [4.69, 9.17) is 0 Å². The summed E-state index contributed by atoms with van der Waals surface area (Å²) in [4.78, 5) is 12.4. The van der Waals surface area contributed by atoms with Crippen molar-refractivity contribution in [2.45, 2.75) is 36.7 Å². The minimum Gasteiger partial charge on any atom is -0.273 e. The monoisotopic (exact) mass is 363 g/mol. The minimum atomic E-state index is -3.85. The van der Waals surface area contributed by atoms with Crippen LogP contribution in [0, 0.1) is 13.8 Å². The van der Waals surface area contributed by atoms with E-state index in [9.17, 15) is 13.2 Å². The smallest absolute Gasteiger partial charge is 0.264 e. The van der Waals surface area contributed by atoms with Gasteiger partial charge in [0, 0.05) is 5.75 Å². The highest BCUT2D eigenvalue weighted by atomic mass is 32.2. The molecule has 6 heteroatoms. The van der Waals surface area contributed by atoms with E-state index in [0.717, 1.165) is 11.1 Å². The molecule has 0 heterocycles. The van der Waals surface area contributed by atoms with Gasteiger partial charge in [-0.3, -0.25) is 4.79 Å². The average molecular weight is 364 g/mol. The predicted octanol–water partition coefficient (Wildman–Crippen LogP) is 3.43. The lowest BCUT2D eigenvalue weighted by Gasteiger charge is -2.14. The Hall–Kier alpha value is -1.79. The Kier molecular flexibility index (Phi) is 6.07. The summed E-state index contributed by atoms with van der Waals surface area (Å²) >= 11 is 1.40. The van der Waals surface area contributed by atoms with Crippen LogP contribution in [0.5, 0.6) is 0 Å². The number of benzene rings is 2. The molecule has 0 aliphatic rings. The molecule has 0 aromatic heterocycles. The second-order valence-electron chi connectivity index (χ2n) is 5.68. The topological polar surface area (TPSA) is 63.2 Å². The summed E-state index contributed by atoms with van der Waals surface area (Å²) in [6.45, 7) is 5.24. The van der Waals surface area contributed by atoms with Crippen molar-refractivity contribution in [3.63, 3.8) is 0 Å². The maximum atomic E-state index is 12.5. The number of sulfonamides is 1. The van der Waals surface area contributed by atoms with Crippen molar-refractivity contribution < 1.29 is 13.2 Å². The van der Waals surface area contributed by atoms with E-state index in [0.29, 0.717) is 11.3 Å². The van der Waals surface area contributed by atoms with Gasteiger partial charge in [0.25, 0.3) is 10.0 Å². The van der Waals surface area contributed by atoms with Gasteiger partial charge in [-0.1, -0.05) is 42.5 Å². The summed E-state index contributed by atoms with van der Waals surface area (Å²) < 4.78 is 27.1. The van der Waals surface area contributed by atoms with Gasteiger partial charge >= 0.3 is 0 Å². The molecule has 128 valence electrons. The fourth-order valence-corrected chi connectivity index (χ4v) is 4.44. The summed E-state index contributed by atoms with van der Waals surface area (Å²) in [5, 5.41) is -0.468. The second kappa shape index (κ2) is 7.85. The Morgan fingerprint density at radius 3 is 2.46 bits per heavy atom. The van der Waals surface area contributed by atoms with Crippen LogP contribution in [0.1, 0.15) is 23.6 Å². The van der Waals surface area contributed by atoms with Crippen molar-refractivity contribution in [3.8, 4) is 0 Å². The van der Waals surface area contributed by atoms with E-state index >= 15 is 0 Å². The molecule has 4 nitrogen and oxygen atoms in total. The van der Waals surface area contributed by atoms with E-state index in [2.05, 4.69) is 4.72 Å². The summed E-state index contributed by atoms with van der Waals surface area (Å²) in [5.41, 5.74) is 2.55. The Labute approximate surface area is 147 Å². The highest BCUT2D eigenvalue weighted by Gasteiger charge is 2.23. The maximum Gasteiger partial charge on any atom is 0.264 e. The zero-order chi connectivity index (χ0) is 17.7. The first-order chi connectivity index (χ1) is 11.3. The Morgan fingerprint density at radius 2 is 1.79 bits per heavy atom. The molecule has 0 bridgehead atoms. The molecular weight excluding hydrogens is 342 g/mol. The Bertz CT molecular complexity index is 817. The second-order valence-corrected chi connectivity index (χ2v) is 8.66. The first-order valence-electron chi connectivity index (χ1n) is 7.59. The van der Waals surface area contributed by atoms with Crippen LogP contribution in [-0.4, -0.2) is 19.6 Å². The molecule has 2 aromatic carbocycles. The van der Waals surface area contributed by atoms with Crippen LogP contribution in [0.3, 0.4) is 0 Å². The molecule has 1 amide bonds. The molecule has 0 spiro atoms. The molecule has 0 aliphatic heterocycles. The molecule has 0 fully saturated rings. The highest BCUT2D eigenvalue weighted by molar-refractivity contribution is 8.00. The summed E-state index contributed by atoms with van der Waals surface area (Å²) in [5.74, 6) is 0.149. The number of amides is 1. The van der Waals surface area contributed by atoms with Crippen molar-refractivity contribution >= 4 is 27.7 Å². The van der Waals surface area contributed by atoms with Gasteiger partial charge < -0.3 is 0 Å². The molecule has 24 heavy (non-hydrogen) atoms. The molecule has 2 aromatic rings. The zero-order valence-electron chi connectivity index (χ0n) is 13.9. The van der Waals surface area contributed by atoms with Crippen LogP contribution in [-0.2, 0) is 20.6 Å². The lowest BCUT2D eigenvalue weighted by Crippen LogP contribution is -2.36. The van der Waals surface area contributed by atoms with Crippen molar-refractivity contribution in [1.29, 1.82) is 0 Å². The van der Waals surface area contributed by atoms with Gasteiger partial charge in [0.1, 0.15) is 0 Å². The van der Waals surface area contributed by atoms with Crippen LogP contribution >= 0.6 is 11.8 Å². The number of hydrogen-bond acceptors (Lipinski definition) is 4. The van der Waals surface area contributed by atoms with E-state index < -0.39 is 21.2 Å². The Morgan fingerprint density at radius 1 is 1.12 bits per heavy atom. The molecule has 2 rings (SSSR count). The van der Waals surface area contributed by atoms with Crippen LogP contribution in [0.25, 0.3) is 0 Å². The molecule has 1 unspecified atom stereocenters. The predicted molar refractivity (Wildman–Crippen MR) is 98.4 cm³/mol. The van der Waals surface area contributed by atoms with Crippen LogP contribution < -0.4 is 4.72 Å². The van der Waals surface area contributed by atoms with Gasteiger partial charge in [0.15, 0.2) is 0 Å². The number of carbonyl (C=O) groups is 1. The van der Waals surface area contributed by atoms with E-state index in [1.165, 1.54) is 11.8 Å². The summed E-state index contributed by atoms with van der Waals surface area (Å²) in [6, 6.07) is 14.9. The molecule has 0 radical (unpaired) electrons. The molecule has 1 atom stereocenters. The fourth-order valence-electron chi connectivity index (χ4n) is 2.14. The molecule has 0 saturated carbocycles. The molecule has 1 N–H and O–H groups in total. The van der Waals surface area contributed by atoms with Gasteiger partial charge in [0.2, 0.25) is 5.91 Å². The van der Waals surface area contributed by atoms with Crippen molar-refractivity contribution in [1.82, 2.24) is 4.72 Å². The highest BCUT2D eigenvalue weighted by Crippen LogP contribution is 2.20. The SMILES string of the molecule is Cc1ccc(C)c(S(=O)(=O)NC(=O)C(C)SCc2ccccc2)c1. The van der Waals surface area contributed by atoms with Gasteiger partial charge in [-0.25, -0.2) is 13.1 Å². The van der Waals surface area contributed by atoms with Gasteiger partial charge in [-0.05, 0) is 43.5 Å². The number of hydrogen-bond donors (Lipinski definition) is 1. The van der Waals surface area contributed by atoms with Gasteiger partial charge in [-0.2, -0.15) is 0 Å². The third-order valence-electron chi connectivity index (χ3n) is 3.58. The number of carbonyl (C=O) groups excluding carboxylic acids is 1. The van der Waals surface area contributed by atoms with Gasteiger partial charge in [-0.15, -0.1) is 11.8 Å². The minimum absolute atomic E-state index is 0.149. The quantitative estimate of drug-likeness (QED) is 0.854. The van der Waals surface area contributed by atoms with Crippen molar-refractivity contribution in [2.24, 2.45) is 0 Å². The first-order valence-corrected chi connectivity index (χ1v) is 10.1. The third kappa shape index (κ3) is 4.85. The first kappa shape index (κ1) is 18.5. The van der Waals surface area contributed by atoms with Gasteiger partial charge in [0.05, 0.1) is 10.1 Å². The zero-order valence-corrected chi connectivity index (χ0v) is 15.6. The van der Waals surface area contributed by atoms with Crippen molar-refractivity contribution in [2.75, 3.05) is 0 Å². The maximum absolute atomic E-state index is 12.5. The van der Waals surface area contributed by atoms with Crippen LogP contribution in [0.4, 0.5) is 0 Å². The number of aryl methyl sites for hydroxylation is 2. The van der Waals surface area contributed by atoms with E-state index in [1.54, 1.807) is 26.0 Å².